The smallest absolute Gasteiger partial charge is 0.251 e. The number of aliphatic imine (C=N–C) groups is 1. The number of carbonyl (C=O) groups is 1. The Kier molecular flexibility index (Phi) is 7.02. The molecule has 2 aromatic carbocycles. The Bertz CT molecular complexity index is 864. The molecule has 1 fully saturated rings. The lowest BCUT2D eigenvalue weighted by atomic mass is 10.1. The number of hydrogen-bond acceptors (Lipinski definition) is 4. The van der Waals surface area contributed by atoms with Crippen LogP contribution in [0.2, 0.25) is 0 Å². The highest BCUT2D eigenvalue weighted by Gasteiger charge is 2.12. The zero-order valence-electron chi connectivity index (χ0n) is 16.5. The van der Waals surface area contributed by atoms with Gasteiger partial charge in [-0.2, -0.15) is 0 Å². The Morgan fingerprint density at radius 1 is 1.24 bits per heavy atom. The van der Waals surface area contributed by atoms with E-state index in [9.17, 15) is 9.18 Å². The molecule has 4 N–H and O–H groups in total. The predicted molar refractivity (Wildman–Crippen MR) is 111 cm³/mol. The van der Waals surface area contributed by atoms with E-state index < -0.39 is 0 Å². The van der Waals surface area contributed by atoms with Crippen LogP contribution in [-0.2, 0) is 6.42 Å². The Balaban J connectivity index is 1.52. The van der Waals surface area contributed by atoms with Gasteiger partial charge < -0.3 is 26.0 Å². The number of amides is 1. The van der Waals surface area contributed by atoms with Crippen LogP contribution >= 0.6 is 0 Å². The molecule has 0 aliphatic carbocycles. The van der Waals surface area contributed by atoms with E-state index in [1.165, 1.54) is 13.2 Å². The van der Waals surface area contributed by atoms with Crippen LogP contribution in [0.5, 0.6) is 5.75 Å². The number of nitrogens with two attached hydrogens (primary N) is 1. The molecular weight excluding hydrogens is 373 g/mol. The fourth-order valence-corrected chi connectivity index (χ4v) is 3.05. The van der Waals surface area contributed by atoms with E-state index >= 15 is 0 Å². The van der Waals surface area contributed by atoms with Gasteiger partial charge in [-0.1, -0.05) is 6.07 Å². The summed E-state index contributed by atoms with van der Waals surface area (Å²) in [6.45, 7) is 3.75. The third-order valence-corrected chi connectivity index (χ3v) is 4.75. The minimum absolute atomic E-state index is 0.218. The van der Waals surface area contributed by atoms with E-state index in [4.69, 9.17) is 10.5 Å². The zero-order valence-corrected chi connectivity index (χ0v) is 16.5. The van der Waals surface area contributed by atoms with Gasteiger partial charge in [-0.05, 0) is 42.3 Å². The van der Waals surface area contributed by atoms with Crippen LogP contribution in [0.4, 0.5) is 10.1 Å². The lowest BCUT2D eigenvalue weighted by Crippen LogP contribution is -2.49. The van der Waals surface area contributed by atoms with Gasteiger partial charge in [0.2, 0.25) is 0 Å². The van der Waals surface area contributed by atoms with Gasteiger partial charge in [0, 0.05) is 44.4 Å². The summed E-state index contributed by atoms with van der Waals surface area (Å²) in [5, 5.41) is 6.07. The second kappa shape index (κ2) is 9.88. The summed E-state index contributed by atoms with van der Waals surface area (Å²) in [7, 11) is 1.49. The summed E-state index contributed by atoms with van der Waals surface area (Å²) >= 11 is 0. The van der Waals surface area contributed by atoms with Crippen LogP contribution in [0.3, 0.4) is 0 Å². The first-order valence-electron chi connectivity index (χ1n) is 9.57. The van der Waals surface area contributed by atoms with E-state index in [2.05, 4.69) is 15.6 Å². The van der Waals surface area contributed by atoms with E-state index in [0.717, 1.165) is 26.2 Å². The predicted octanol–water partition coefficient (Wildman–Crippen LogP) is 1.66. The number of guanidine groups is 1. The molecule has 1 aliphatic heterocycles. The monoisotopic (exact) mass is 399 g/mol. The van der Waals surface area contributed by atoms with Crippen LogP contribution in [0, 0.1) is 5.82 Å². The van der Waals surface area contributed by atoms with Crippen molar-refractivity contribution in [3.63, 3.8) is 0 Å². The molecule has 3 rings (SSSR count). The molecule has 0 spiro atoms. The third kappa shape index (κ3) is 5.68. The number of nitrogens with zero attached hydrogens (tertiary/aromatic N) is 2. The second-order valence-electron chi connectivity index (χ2n) is 6.72. The van der Waals surface area contributed by atoms with Crippen LogP contribution in [-0.4, -0.2) is 56.6 Å². The number of benzene rings is 2. The molecule has 154 valence electrons. The molecule has 1 amide bonds. The van der Waals surface area contributed by atoms with E-state index in [1.807, 2.05) is 4.90 Å². The quantitative estimate of drug-likeness (QED) is 0.508. The average Bonchev–Trinajstić information content (AvgIpc) is 2.75. The normalized spacial score (nSPS) is 14.6. The molecule has 2 aromatic rings. The van der Waals surface area contributed by atoms with Gasteiger partial charge in [0.15, 0.2) is 5.96 Å². The topological polar surface area (TPSA) is 92.0 Å². The zero-order chi connectivity index (χ0) is 20.6. The maximum atomic E-state index is 13.9. The van der Waals surface area contributed by atoms with E-state index in [-0.39, 0.29) is 11.7 Å². The van der Waals surface area contributed by atoms with Gasteiger partial charge in [-0.25, -0.2) is 9.38 Å². The summed E-state index contributed by atoms with van der Waals surface area (Å²) in [5.41, 5.74) is 7.79. The molecule has 1 aliphatic rings. The highest BCUT2D eigenvalue weighted by atomic mass is 19.1. The molecule has 7 nitrogen and oxygen atoms in total. The number of nitrogens with one attached hydrogen (secondary N) is 2. The van der Waals surface area contributed by atoms with Gasteiger partial charge in [0.25, 0.3) is 5.91 Å². The summed E-state index contributed by atoms with van der Waals surface area (Å²) in [6, 6.07) is 11.6. The highest BCUT2D eigenvalue weighted by molar-refractivity contribution is 5.94. The fourth-order valence-electron chi connectivity index (χ4n) is 3.05. The number of ether oxygens (including phenoxy) is 1. The van der Waals surface area contributed by atoms with Crippen molar-refractivity contribution in [3.8, 4) is 5.75 Å². The van der Waals surface area contributed by atoms with Crippen LogP contribution in [0.1, 0.15) is 15.9 Å². The minimum Gasteiger partial charge on any atom is -0.497 e. The fraction of sp³-hybridized carbons (Fsp3) is 0.333. The van der Waals surface area contributed by atoms with Crippen molar-refractivity contribution >= 4 is 17.6 Å². The van der Waals surface area contributed by atoms with Crippen molar-refractivity contribution < 1.29 is 13.9 Å². The summed E-state index contributed by atoms with van der Waals surface area (Å²) in [5.74, 6) is 0.383. The molecule has 0 unspecified atom stereocenters. The molecule has 0 saturated carbocycles. The van der Waals surface area contributed by atoms with E-state index in [1.54, 1.807) is 36.4 Å². The van der Waals surface area contributed by atoms with Crippen LogP contribution in [0.25, 0.3) is 0 Å². The Labute approximate surface area is 169 Å². The number of hydrogen-bond donors (Lipinski definition) is 3. The maximum Gasteiger partial charge on any atom is 0.251 e. The molecule has 0 atom stereocenters. The Morgan fingerprint density at radius 2 is 1.97 bits per heavy atom. The van der Waals surface area contributed by atoms with Gasteiger partial charge in [-0.15, -0.1) is 0 Å². The van der Waals surface area contributed by atoms with Gasteiger partial charge in [0.1, 0.15) is 11.6 Å². The SMILES string of the molecule is COc1ccc(CCNC(=O)c2ccc(N=C(N)N3CCNCC3)cc2)c(F)c1. The highest BCUT2D eigenvalue weighted by Crippen LogP contribution is 2.17. The third-order valence-electron chi connectivity index (χ3n) is 4.75. The van der Waals surface area contributed by atoms with Crippen molar-refractivity contribution in [1.82, 2.24) is 15.5 Å². The standard InChI is InChI=1S/C21H26FN5O2/c1-29-18-7-4-15(19(22)14-18)8-9-25-20(28)16-2-5-17(6-3-16)26-21(23)27-12-10-24-11-13-27/h2-7,14,24H,8-13H2,1H3,(H2,23,26)(H,25,28). The summed E-state index contributed by atoms with van der Waals surface area (Å²) in [6.07, 6.45) is 0.394. The van der Waals surface area contributed by atoms with Crippen LogP contribution < -0.4 is 21.1 Å². The van der Waals surface area contributed by atoms with Crippen molar-refractivity contribution in [2.75, 3.05) is 39.8 Å². The first kappa shape index (κ1) is 20.6. The van der Waals surface area contributed by atoms with Gasteiger partial charge in [-0.3, -0.25) is 4.79 Å². The second-order valence-corrected chi connectivity index (χ2v) is 6.72. The number of rotatable bonds is 6. The van der Waals surface area contributed by atoms with Gasteiger partial charge >= 0.3 is 0 Å². The van der Waals surface area contributed by atoms with Crippen molar-refractivity contribution in [3.05, 3.63) is 59.4 Å². The lowest BCUT2D eigenvalue weighted by molar-refractivity contribution is 0.0954. The molecule has 29 heavy (non-hydrogen) atoms. The first-order valence-corrected chi connectivity index (χ1v) is 9.57. The molecule has 1 heterocycles. The summed E-state index contributed by atoms with van der Waals surface area (Å²) < 4.78 is 18.9. The maximum absolute atomic E-state index is 13.9. The van der Waals surface area contributed by atoms with E-state index in [0.29, 0.717) is 41.5 Å². The van der Waals surface area contributed by atoms with Crippen molar-refractivity contribution in [2.24, 2.45) is 10.7 Å². The molecule has 1 saturated heterocycles. The molecular formula is C21H26FN5O2. The molecule has 0 aromatic heterocycles. The van der Waals surface area contributed by atoms with Gasteiger partial charge in [0.05, 0.1) is 12.8 Å². The molecule has 0 radical (unpaired) electrons. The number of carbonyl (C=O) groups excluding carboxylic acids is 1. The average molecular weight is 399 g/mol. The summed E-state index contributed by atoms with van der Waals surface area (Å²) in [4.78, 5) is 18.7. The van der Waals surface area contributed by atoms with Crippen molar-refractivity contribution in [2.45, 2.75) is 6.42 Å². The first-order chi connectivity index (χ1) is 14.1. The Morgan fingerprint density at radius 3 is 2.62 bits per heavy atom. The minimum atomic E-state index is -0.345. The molecule has 8 heteroatoms. The van der Waals surface area contributed by atoms with Crippen LogP contribution in [0.15, 0.2) is 47.5 Å². The Hall–Kier alpha value is -3.13. The number of methoxy groups -OCH3 is 1. The molecule has 0 bridgehead atoms. The lowest BCUT2D eigenvalue weighted by Gasteiger charge is -2.28. The number of piperazine rings is 1. The van der Waals surface area contributed by atoms with Crippen molar-refractivity contribution in [1.29, 1.82) is 0 Å². The largest absolute Gasteiger partial charge is 0.497 e. The number of halogens is 1.